The van der Waals surface area contributed by atoms with Crippen molar-refractivity contribution in [2.45, 2.75) is 25.9 Å². The molecule has 0 saturated carbocycles. The molecule has 21 heavy (non-hydrogen) atoms. The molecule has 1 saturated heterocycles. The molecule has 2 N–H and O–H groups in total. The number of amides is 1. The number of benzene rings is 1. The van der Waals surface area contributed by atoms with Gasteiger partial charge in [0.15, 0.2) is 17.7 Å². The van der Waals surface area contributed by atoms with E-state index in [2.05, 4.69) is 0 Å². The molecule has 0 aliphatic carbocycles. The smallest absolute Gasteiger partial charge is 0.263 e. The molecule has 0 radical (unpaired) electrons. The Kier molecular flexibility index (Phi) is 5.12. The number of piperidine rings is 1. The van der Waals surface area contributed by atoms with E-state index in [9.17, 15) is 13.6 Å². The van der Waals surface area contributed by atoms with E-state index in [1.807, 2.05) is 0 Å². The number of likely N-dealkylation sites (tertiary alicyclic amines) is 1. The van der Waals surface area contributed by atoms with Crippen molar-refractivity contribution in [2.75, 3.05) is 19.6 Å². The van der Waals surface area contributed by atoms with Gasteiger partial charge in [-0.3, -0.25) is 4.79 Å². The third-order valence-electron chi connectivity index (χ3n) is 3.81. The SMILES string of the molecule is CC(Oc1ccc(F)c(F)c1)C(=O)N1CCC(CN)CC1. The van der Waals surface area contributed by atoms with E-state index in [0.717, 1.165) is 25.0 Å². The van der Waals surface area contributed by atoms with Gasteiger partial charge in [0.2, 0.25) is 0 Å². The molecule has 1 aromatic rings. The summed E-state index contributed by atoms with van der Waals surface area (Å²) in [5.41, 5.74) is 5.62. The predicted molar refractivity (Wildman–Crippen MR) is 74.8 cm³/mol. The molecule has 1 atom stereocenters. The first-order valence-corrected chi connectivity index (χ1v) is 7.12. The van der Waals surface area contributed by atoms with Crippen LogP contribution in [0.4, 0.5) is 8.78 Å². The minimum atomic E-state index is -0.990. The van der Waals surface area contributed by atoms with Crippen LogP contribution in [0.15, 0.2) is 18.2 Å². The normalized spacial score (nSPS) is 17.6. The zero-order valence-electron chi connectivity index (χ0n) is 12.0. The average molecular weight is 298 g/mol. The first-order chi connectivity index (χ1) is 10.0. The summed E-state index contributed by atoms with van der Waals surface area (Å²) in [7, 11) is 0. The molecule has 1 fully saturated rings. The molecule has 1 aliphatic rings. The molecule has 116 valence electrons. The van der Waals surface area contributed by atoms with Crippen molar-refractivity contribution >= 4 is 5.91 Å². The number of carbonyl (C=O) groups is 1. The van der Waals surface area contributed by atoms with Gasteiger partial charge in [0.25, 0.3) is 5.91 Å². The van der Waals surface area contributed by atoms with Gasteiger partial charge in [-0.2, -0.15) is 0 Å². The number of nitrogens with two attached hydrogens (primary N) is 1. The second-order valence-corrected chi connectivity index (χ2v) is 5.34. The molecule has 1 aliphatic heterocycles. The lowest BCUT2D eigenvalue weighted by Crippen LogP contribution is -2.45. The van der Waals surface area contributed by atoms with E-state index in [-0.39, 0.29) is 11.7 Å². The monoisotopic (exact) mass is 298 g/mol. The molecule has 1 aromatic carbocycles. The summed E-state index contributed by atoms with van der Waals surface area (Å²) in [6.45, 7) is 3.57. The number of ether oxygens (including phenoxy) is 1. The lowest BCUT2D eigenvalue weighted by Gasteiger charge is -2.33. The van der Waals surface area contributed by atoms with Crippen LogP contribution in [0.5, 0.6) is 5.75 Å². The Hall–Kier alpha value is -1.69. The summed E-state index contributed by atoms with van der Waals surface area (Å²) < 4.78 is 31.3. The van der Waals surface area contributed by atoms with Gasteiger partial charge in [-0.15, -0.1) is 0 Å². The Morgan fingerprint density at radius 1 is 1.38 bits per heavy atom. The van der Waals surface area contributed by atoms with E-state index in [1.54, 1.807) is 11.8 Å². The Labute approximate surface area is 122 Å². The maximum atomic E-state index is 13.1. The second kappa shape index (κ2) is 6.85. The van der Waals surface area contributed by atoms with Crippen molar-refractivity contribution in [1.29, 1.82) is 0 Å². The van der Waals surface area contributed by atoms with Crippen LogP contribution in [0.2, 0.25) is 0 Å². The molecule has 1 amide bonds. The number of hydrogen-bond donors (Lipinski definition) is 1. The van der Waals surface area contributed by atoms with E-state index in [1.165, 1.54) is 6.07 Å². The van der Waals surface area contributed by atoms with Gasteiger partial charge in [0.1, 0.15) is 5.75 Å². The maximum absolute atomic E-state index is 13.1. The van der Waals surface area contributed by atoms with Crippen molar-refractivity contribution in [3.05, 3.63) is 29.8 Å². The first kappa shape index (κ1) is 15.7. The van der Waals surface area contributed by atoms with Crippen molar-refractivity contribution in [3.63, 3.8) is 0 Å². The topological polar surface area (TPSA) is 55.6 Å². The largest absolute Gasteiger partial charge is 0.481 e. The number of halogens is 2. The van der Waals surface area contributed by atoms with Crippen molar-refractivity contribution in [2.24, 2.45) is 11.7 Å². The van der Waals surface area contributed by atoms with Crippen LogP contribution in [0.1, 0.15) is 19.8 Å². The molecule has 6 heteroatoms. The Balaban J connectivity index is 1.92. The van der Waals surface area contributed by atoms with Crippen molar-refractivity contribution in [3.8, 4) is 5.75 Å². The van der Waals surface area contributed by atoms with Crippen LogP contribution in [-0.2, 0) is 4.79 Å². The van der Waals surface area contributed by atoms with E-state index >= 15 is 0 Å². The summed E-state index contributed by atoms with van der Waals surface area (Å²) in [6.07, 6.45) is 1.05. The van der Waals surface area contributed by atoms with E-state index < -0.39 is 17.7 Å². The van der Waals surface area contributed by atoms with Crippen LogP contribution in [0, 0.1) is 17.6 Å². The minimum Gasteiger partial charge on any atom is -0.481 e. The fraction of sp³-hybridized carbons (Fsp3) is 0.533. The Bertz CT molecular complexity index is 502. The standard InChI is InChI=1S/C15H20F2N2O2/c1-10(21-12-2-3-13(16)14(17)8-12)15(20)19-6-4-11(9-18)5-7-19/h2-3,8,10-11H,4-7,9,18H2,1H3. The second-order valence-electron chi connectivity index (χ2n) is 5.34. The van der Waals surface area contributed by atoms with E-state index in [4.69, 9.17) is 10.5 Å². The predicted octanol–water partition coefficient (Wildman–Crippen LogP) is 1.93. The highest BCUT2D eigenvalue weighted by molar-refractivity contribution is 5.81. The molecule has 0 bridgehead atoms. The summed E-state index contributed by atoms with van der Waals surface area (Å²) in [5.74, 6) is -1.46. The lowest BCUT2D eigenvalue weighted by atomic mass is 9.97. The fourth-order valence-electron chi connectivity index (χ4n) is 2.45. The molecule has 0 aromatic heterocycles. The van der Waals surface area contributed by atoms with Crippen molar-refractivity contribution < 1.29 is 18.3 Å². The lowest BCUT2D eigenvalue weighted by molar-refractivity contribution is -0.139. The highest BCUT2D eigenvalue weighted by atomic mass is 19.2. The summed E-state index contributed by atoms with van der Waals surface area (Å²) in [6, 6.07) is 3.23. The number of nitrogens with zero attached hydrogens (tertiary/aromatic N) is 1. The molecule has 0 spiro atoms. The summed E-state index contributed by atoms with van der Waals surface area (Å²) in [5, 5.41) is 0. The number of carbonyl (C=O) groups excluding carboxylic acids is 1. The van der Waals surface area contributed by atoms with Gasteiger partial charge in [-0.05, 0) is 44.4 Å². The van der Waals surface area contributed by atoms with Gasteiger partial charge in [0, 0.05) is 19.2 Å². The molecule has 1 heterocycles. The quantitative estimate of drug-likeness (QED) is 0.924. The highest BCUT2D eigenvalue weighted by Gasteiger charge is 2.26. The van der Waals surface area contributed by atoms with Gasteiger partial charge < -0.3 is 15.4 Å². The van der Waals surface area contributed by atoms with Crippen LogP contribution >= 0.6 is 0 Å². The number of hydrogen-bond acceptors (Lipinski definition) is 3. The van der Waals surface area contributed by atoms with Crippen LogP contribution in [0.25, 0.3) is 0 Å². The fourth-order valence-corrected chi connectivity index (χ4v) is 2.45. The third-order valence-corrected chi connectivity index (χ3v) is 3.81. The van der Waals surface area contributed by atoms with Gasteiger partial charge in [-0.1, -0.05) is 0 Å². The van der Waals surface area contributed by atoms with Crippen LogP contribution in [0.3, 0.4) is 0 Å². The van der Waals surface area contributed by atoms with Gasteiger partial charge in [-0.25, -0.2) is 8.78 Å². The van der Waals surface area contributed by atoms with E-state index in [0.29, 0.717) is 25.6 Å². The third kappa shape index (κ3) is 3.91. The van der Waals surface area contributed by atoms with Crippen LogP contribution < -0.4 is 10.5 Å². The molecule has 2 rings (SSSR count). The maximum Gasteiger partial charge on any atom is 0.263 e. The van der Waals surface area contributed by atoms with Gasteiger partial charge >= 0.3 is 0 Å². The Morgan fingerprint density at radius 3 is 2.62 bits per heavy atom. The zero-order valence-corrected chi connectivity index (χ0v) is 12.0. The van der Waals surface area contributed by atoms with Gasteiger partial charge in [0.05, 0.1) is 0 Å². The van der Waals surface area contributed by atoms with Crippen molar-refractivity contribution in [1.82, 2.24) is 4.90 Å². The Morgan fingerprint density at radius 2 is 2.05 bits per heavy atom. The van der Waals surface area contributed by atoms with Crippen LogP contribution in [-0.4, -0.2) is 36.5 Å². The molecule has 1 unspecified atom stereocenters. The number of rotatable bonds is 4. The zero-order chi connectivity index (χ0) is 15.4. The minimum absolute atomic E-state index is 0.143. The molecular weight excluding hydrogens is 278 g/mol. The average Bonchev–Trinajstić information content (AvgIpc) is 2.50. The molecule has 4 nitrogen and oxygen atoms in total. The first-order valence-electron chi connectivity index (χ1n) is 7.12. The molecular formula is C15H20F2N2O2. The summed E-state index contributed by atoms with van der Waals surface area (Å²) >= 11 is 0. The highest BCUT2D eigenvalue weighted by Crippen LogP contribution is 2.20. The summed E-state index contributed by atoms with van der Waals surface area (Å²) in [4.78, 5) is 14.0.